The van der Waals surface area contributed by atoms with E-state index in [1.165, 1.54) is 89.9 Å². The molecule has 0 aromatic heterocycles. The maximum Gasteiger partial charge on any atom is 0.0443 e. The lowest BCUT2D eigenvalue weighted by Crippen LogP contribution is -2.33. The van der Waals surface area contributed by atoms with Crippen LogP contribution in [0, 0.1) is 0 Å². The highest BCUT2D eigenvalue weighted by molar-refractivity contribution is 4.81. The highest BCUT2D eigenvalue weighted by Crippen LogP contribution is 2.11. The fourth-order valence-corrected chi connectivity index (χ4v) is 4.65. The number of aliphatic hydroxyl groups is 3. The predicted molar refractivity (Wildman–Crippen MR) is 157 cm³/mol. The van der Waals surface area contributed by atoms with Crippen molar-refractivity contribution >= 4 is 0 Å². The minimum Gasteiger partial charge on any atom is -0.396 e. The first-order valence-electron chi connectivity index (χ1n) is 15.2. The molecule has 0 rings (SSSR count). The van der Waals surface area contributed by atoms with Gasteiger partial charge in [0.25, 0.3) is 0 Å². The Morgan fingerprint density at radius 3 is 1.14 bits per heavy atom. The second-order valence-corrected chi connectivity index (χ2v) is 10.2. The Morgan fingerprint density at radius 2 is 0.730 bits per heavy atom. The van der Waals surface area contributed by atoms with E-state index in [4.69, 9.17) is 10.2 Å². The van der Waals surface area contributed by atoms with E-state index in [9.17, 15) is 5.11 Å². The summed E-state index contributed by atoms with van der Waals surface area (Å²) in [5, 5.41) is 27.5. The second kappa shape index (κ2) is 35.4. The summed E-state index contributed by atoms with van der Waals surface area (Å²) < 4.78 is 0. The fraction of sp³-hybridized carbons (Fsp3) is 0.933. The van der Waals surface area contributed by atoms with E-state index in [0.717, 1.165) is 65.0 Å². The van der Waals surface area contributed by atoms with E-state index >= 15 is 0 Å². The van der Waals surface area contributed by atoms with Gasteiger partial charge in [0.15, 0.2) is 0 Å². The molecular formula is C30H64F2N2O3. The second-order valence-electron chi connectivity index (χ2n) is 10.2. The summed E-state index contributed by atoms with van der Waals surface area (Å²) in [4.78, 5) is 4.88. The molecular weight excluding hydrogens is 474 g/mol. The van der Waals surface area contributed by atoms with Gasteiger partial charge in [-0.25, -0.2) is 0 Å². The number of hydrogen-bond acceptors (Lipinski definition) is 5. The van der Waals surface area contributed by atoms with Crippen molar-refractivity contribution in [1.82, 2.24) is 9.80 Å². The summed E-state index contributed by atoms with van der Waals surface area (Å²) >= 11 is 0. The smallest absolute Gasteiger partial charge is 0.0443 e. The van der Waals surface area contributed by atoms with Gasteiger partial charge in [-0.05, 0) is 77.4 Å². The third kappa shape index (κ3) is 31.5. The summed E-state index contributed by atoms with van der Waals surface area (Å²) in [7, 11) is 0. The van der Waals surface area contributed by atoms with Crippen molar-refractivity contribution in [2.45, 2.75) is 122 Å². The van der Waals surface area contributed by atoms with E-state index in [1.807, 2.05) is 0 Å². The Labute approximate surface area is 228 Å². The monoisotopic (exact) mass is 538 g/mol. The summed E-state index contributed by atoms with van der Waals surface area (Å²) in [6, 6.07) is 0. The predicted octanol–water partition coefficient (Wildman–Crippen LogP) is 6.47. The van der Waals surface area contributed by atoms with Crippen molar-refractivity contribution in [3.8, 4) is 0 Å². The molecule has 0 amide bonds. The molecule has 0 aromatic rings. The topological polar surface area (TPSA) is 67.2 Å². The number of allylic oxidation sites excluding steroid dienone is 2. The fourth-order valence-electron chi connectivity index (χ4n) is 4.65. The number of hydrogen-bond donors (Lipinski definition) is 3. The molecule has 3 N–H and O–H groups in total. The van der Waals surface area contributed by atoms with Gasteiger partial charge in [0.05, 0.1) is 0 Å². The van der Waals surface area contributed by atoms with Gasteiger partial charge in [0, 0.05) is 39.5 Å². The van der Waals surface area contributed by atoms with E-state index < -0.39 is 0 Å². The van der Waals surface area contributed by atoms with Crippen LogP contribution in [0.5, 0.6) is 0 Å². The summed E-state index contributed by atoms with van der Waals surface area (Å²) in [6.07, 6.45) is 27.1. The van der Waals surface area contributed by atoms with E-state index in [0.29, 0.717) is 0 Å². The maximum atomic E-state index is 9.25. The Bertz CT molecular complexity index is 424. The minimum atomic E-state index is 0. The molecule has 0 saturated carbocycles. The number of unbranched alkanes of at least 4 members (excludes halogenated alkanes) is 12. The van der Waals surface area contributed by atoms with Crippen molar-refractivity contribution in [2.75, 3.05) is 59.1 Å². The lowest BCUT2D eigenvalue weighted by atomic mass is 10.1. The SMILES string of the molecule is CCCCCCCCC=CCCCCCCCCN(CCCO)CCCN(CCCO)CCCO.F.F. The zero-order chi connectivity index (χ0) is 25.7. The van der Waals surface area contributed by atoms with Gasteiger partial charge >= 0.3 is 0 Å². The third-order valence-electron chi connectivity index (χ3n) is 6.83. The molecule has 0 bridgehead atoms. The maximum absolute atomic E-state index is 9.25. The largest absolute Gasteiger partial charge is 0.396 e. The van der Waals surface area contributed by atoms with Crippen LogP contribution in [0.2, 0.25) is 0 Å². The van der Waals surface area contributed by atoms with Crippen LogP contribution in [0.3, 0.4) is 0 Å². The molecule has 0 aromatic carbocycles. The highest BCUT2D eigenvalue weighted by atomic mass is 19.0. The average molecular weight is 539 g/mol. The zero-order valence-electron chi connectivity index (χ0n) is 24.3. The van der Waals surface area contributed by atoms with E-state index in [-0.39, 0.29) is 29.2 Å². The molecule has 226 valence electrons. The van der Waals surface area contributed by atoms with Crippen LogP contribution < -0.4 is 0 Å². The molecule has 0 spiro atoms. The van der Waals surface area contributed by atoms with Crippen LogP contribution in [0.15, 0.2) is 12.2 Å². The van der Waals surface area contributed by atoms with Gasteiger partial charge in [-0.1, -0.05) is 76.9 Å². The molecule has 0 aliphatic carbocycles. The minimum absolute atomic E-state index is 0. The summed E-state index contributed by atoms with van der Waals surface area (Å²) in [5.74, 6) is 0. The lowest BCUT2D eigenvalue weighted by Gasteiger charge is -2.25. The van der Waals surface area contributed by atoms with Gasteiger partial charge in [-0.15, -0.1) is 0 Å². The Balaban J connectivity index is -0.00000578. The molecule has 0 atom stereocenters. The van der Waals surface area contributed by atoms with Gasteiger partial charge in [-0.2, -0.15) is 0 Å². The molecule has 0 unspecified atom stereocenters. The van der Waals surface area contributed by atoms with Gasteiger partial charge in [0.1, 0.15) is 0 Å². The molecule has 37 heavy (non-hydrogen) atoms. The first kappa shape index (κ1) is 40.9. The van der Waals surface area contributed by atoms with Crippen LogP contribution in [-0.2, 0) is 0 Å². The molecule has 0 radical (unpaired) electrons. The quantitative estimate of drug-likeness (QED) is 0.0752. The molecule has 0 aliphatic rings. The zero-order valence-corrected chi connectivity index (χ0v) is 24.3. The molecule has 5 nitrogen and oxygen atoms in total. The summed E-state index contributed by atoms with van der Waals surface area (Å²) in [5.41, 5.74) is 0. The lowest BCUT2D eigenvalue weighted by molar-refractivity contribution is 0.182. The number of rotatable bonds is 29. The van der Waals surface area contributed by atoms with Crippen LogP contribution >= 0.6 is 0 Å². The Kier molecular flexibility index (Phi) is 39.1. The van der Waals surface area contributed by atoms with Crippen molar-refractivity contribution in [3.63, 3.8) is 0 Å². The van der Waals surface area contributed by atoms with Crippen molar-refractivity contribution in [1.29, 1.82) is 0 Å². The first-order valence-corrected chi connectivity index (χ1v) is 15.2. The third-order valence-corrected chi connectivity index (χ3v) is 6.83. The normalized spacial score (nSPS) is 11.4. The standard InChI is InChI=1S/C30H62N2O3.2FH/c1-2-3-4-5-6-7-8-9-10-11-12-13-14-15-16-17-22-31(25-19-28-33)23-18-24-32(26-20-29-34)27-21-30-35;;/h9-10,33-35H,2-8,11-30H2,1H3;2*1H. The number of nitrogens with zero attached hydrogens (tertiary/aromatic N) is 2. The average Bonchev–Trinajstić information content (AvgIpc) is 2.87. The van der Waals surface area contributed by atoms with E-state index in [2.05, 4.69) is 28.9 Å². The van der Waals surface area contributed by atoms with Crippen molar-refractivity contribution in [3.05, 3.63) is 12.2 Å². The number of aliphatic hydroxyl groups excluding tert-OH is 3. The van der Waals surface area contributed by atoms with Crippen LogP contribution in [0.25, 0.3) is 0 Å². The van der Waals surface area contributed by atoms with Crippen LogP contribution in [0.4, 0.5) is 9.41 Å². The molecule has 0 fully saturated rings. The Morgan fingerprint density at radius 1 is 0.405 bits per heavy atom. The van der Waals surface area contributed by atoms with Crippen molar-refractivity contribution in [2.24, 2.45) is 0 Å². The van der Waals surface area contributed by atoms with Crippen LogP contribution in [0.1, 0.15) is 122 Å². The molecule has 7 heteroatoms. The van der Waals surface area contributed by atoms with Gasteiger partial charge < -0.3 is 25.1 Å². The molecule has 0 saturated heterocycles. The Hall–Kier alpha value is -0.600. The molecule has 0 heterocycles. The highest BCUT2D eigenvalue weighted by Gasteiger charge is 2.08. The van der Waals surface area contributed by atoms with Gasteiger partial charge in [0.2, 0.25) is 0 Å². The first-order chi connectivity index (χ1) is 17.3. The van der Waals surface area contributed by atoms with Gasteiger partial charge in [-0.3, -0.25) is 9.41 Å². The number of halogens is 2. The van der Waals surface area contributed by atoms with Crippen LogP contribution in [-0.4, -0.2) is 84.2 Å². The van der Waals surface area contributed by atoms with Crippen molar-refractivity contribution < 1.29 is 24.7 Å². The van der Waals surface area contributed by atoms with E-state index in [1.54, 1.807) is 0 Å². The molecule has 0 aliphatic heterocycles. The summed E-state index contributed by atoms with van der Waals surface area (Å²) in [6.45, 7) is 9.02.